The lowest BCUT2D eigenvalue weighted by atomic mass is 9.94. The molecule has 0 aliphatic carbocycles. The first kappa shape index (κ1) is 32.0. The molecule has 11 rings (SSSR count). The number of hydrogen-bond donors (Lipinski definition) is 0. The topological polar surface area (TPSA) is 8.17 Å². The van der Waals surface area contributed by atoms with Gasteiger partial charge in [0.2, 0.25) is 0 Å². The number of fused-ring (bicyclic) bond motifs is 9. The number of benzene rings is 10. The van der Waals surface area contributed by atoms with Crippen LogP contribution in [0.3, 0.4) is 0 Å². The first-order chi connectivity index (χ1) is 27.8. The Balaban J connectivity index is 1.04. The smallest absolute Gasteiger partial charge is 0.0541 e. The predicted octanol–water partition coefficient (Wildman–Crippen LogP) is 15.0. The molecule has 0 saturated heterocycles. The van der Waals surface area contributed by atoms with Crippen LogP contribution in [-0.4, -0.2) is 4.57 Å². The van der Waals surface area contributed by atoms with Gasteiger partial charge < -0.3 is 9.47 Å². The lowest BCUT2D eigenvalue weighted by Gasteiger charge is -2.27. The Morgan fingerprint density at radius 2 is 0.661 bits per heavy atom. The summed E-state index contributed by atoms with van der Waals surface area (Å²) in [7, 11) is 0. The van der Waals surface area contributed by atoms with Gasteiger partial charge in [0.25, 0.3) is 0 Å². The third-order valence-corrected chi connectivity index (χ3v) is 11.4. The number of aromatic nitrogens is 1. The van der Waals surface area contributed by atoms with Crippen molar-refractivity contribution in [2.75, 3.05) is 4.90 Å². The fourth-order valence-corrected chi connectivity index (χ4v) is 8.74. The summed E-state index contributed by atoms with van der Waals surface area (Å²) in [5.74, 6) is 0. The third-order valence-electron chi connectivity index (χ3n) is 11.4. The van der Waals surface area contributed by atoms with Crippen LogP contribution in [0.4, 0.5) is 17.1 Å². The molecule has 10 aromatic carbocycles. The van der Waals surface area contributed by atoms with Crippen LogP contribution in [0.15, 0.2) is 218 Å². The molecule has 0 saturated carbocycles. The Hall–Kier alpha value is -7.42. The number of hydrogen-bond acceptors (Lipinski definition) is 1. The van der Waals surface area contributed by atoms with Crippen molar-refractivity contribution >= 4 is 71.2 Å². The molecule has 0 spiro atoms. The summed E-state index contributed by atoms with van der Waals surface area (Å²) in [5.41, 5.74) is 11.7. The van der Waals surface area contributed by atoms with Gasteiger partial charge in [-0.25, -0.2) is 0 Å². The molecule has 1 aromatic heterocycles. The number of anilines is 3. The number of rotatable bonds is 6. The van der Waals surface area contributed by atoms with Crippen molar-refractivity contribution < 1.29 is 0 Å². The Labute approximate surface area is 325 Å². The molecule has 56 heavy (non-hydrogen) atoms. The molecule has 0 aliphatic heterocycles. The Kier molecular flexibility index (Phi) is 7.53. The summed E-state index contributed by atoms with van der Waals surface area (Å²) in [5, 5.41) is 10.2. The van der Waals surface area contributed by atoms with E-state index in [0.717, 1.165) is 22.7 Å². The van der Waals surface area contributed by atoms with Crippen LogP contribution in [-0.2, 0) is 0 Å². The molecule has 1 heterocycles. The second kappa shape index (κ2) is 13.2. The molecule has 0 unspecified atom stereocenters. The molecule has 2 nitrogen and oxygen atoms in total. The average molecular weight is 713 g/mol. The van der Waals surface area contributed by atoms with Crippen molar-refractivity contribution in [2.24, 2.45) is 0 Å². The quantitative estimate of drug-likeness (QED) is 0.156. The average Bonchev–Trinajstić information content (AvgIpc) is 3.62. The van der Waals surface area contributed by atoms with Gasteiger partial charge in [-0.1, -0.05) is 158 Å². The predicted molar refractivity (Wildman–Crippen MR) is 239 cm³/mol. The van der Waals surface area contributed by atoms with E-state index in [4.69, 9.17) is 0 Å². The summed E-state index contributed by atoms with van der Waals surface area (Å²) in [4.78, 5) is 2.39. The minimum absolute atomic E-state index is 1.10. The molecule has 0 N–H and O–H groups in total. The molecular formula is C54H36N2. The zero-order chi connectivity index (χ0) is 37.0. The minimum Gasteiger partial charge on any atom is -0.310 e. The highest BCUT2D eigenvalue weighted by Gasteiger charge is 2.17. The van der Waals surface area contributed by atoms with E-state index in [1.54, 1.807) is 0 Å². The summed E-state index contributed by atoms with van der Waals surface area (Å²) < 4.78 is 2.38. The van der Waals surface area contributed by atoms with Gasteiger partial charge in [-0.15, -0.1) is 0 Å². The normalized spacial score (nSPS) is 11.6. The largest absolute Gasteiger partial charge is 0.310 e. The van der Waals surface area contributed by atoms with Gasteiger partial charge in [0.05, 0.1) is 11.0 Å². The van der Waals surface area contributed by atoms with Crippen LogP contribution in [0.1, 0.15) is 0 Å². The fourth-order valence-electron chi connectivity index (χ4n) is 8.74. The highest BCUT2D eigenvalue weighted by Crippen LogP contribution is 2.42. The molecule has 0 radical (unpaired) electrons. The van der Waals surface area contributed by atoms with Crippen LogP contribution in [0.2, 0.25) is 0 Å². The van der Waals surface area contributed by atoms with Crippen molar-refractivity contribution in [1.82, 2.24) is 4.57 Å². The monoisotopic (exact) mass is 712 g/mol. The Morgan fingerprint density at radius 3 is 1.23 bits per heavy atom. The number of nitrogens with zero attached hydrogens (tertiary/aromatic N) is 2. The first-order valence-corrected chi connectivity index (χ1v) is 19.3. The van der Waals surface area contributed by atoms with Crippen molar-refractivity contribution in [3.05, 3.63) is 218 Å². The standard InChI is InChI=1S/C54H36N2/c1-2-13-37(14-3-1)38-25-29-41(30-26-38)55(44-33-34-49-47-19-5-4-17-45(47)46-18-6-7-20-48(46)52(49)36-44)42-31-27-39(28-32-42)40-15-12-16-43(35-40)56-53-23-10-8-21-50(53)51-22-9-11-24-54(51)56/h1-36H. The van der Waals surface area contributed by atoms with Gasteiger partial charge in [-0.2, -0.15) is 0 Å². The van der Waals surface area contributed by atoms with E-state index in [1.165, 1.54) is 76.4 Å². The molecule has 0 aliphatic rings. The SMILES string of the molecule is c1ccc(-c2ccc(N(c3ccc(-c4cccc(-n5c6ccccc6c6ccccc65)c4)cc3)c3ccc4c5ccccc5c5ccccc5c4c3)cc2)cc1. The van der Waals surface area contributed by atoms with Gasteiger partial charge in [0.1, 0.15) is 0 Å². The van der Waals surface area contributed by atoms with Gasteiger partial charge >= 0.3 is 0 Å². The van der Waals surface area contributed by atoms with E-state index in [2.05, 4.69) is 228 Å². The highest BCUT2D eigenvalue weighted by molar-refractivity contribution is 6.25. The van der Waals surface area contributed by atoms with Crippen molar-refractivity contribution in [1.29, 1.82) is 0 Å². The third kappa shape index (κ3) is 5.26. The summed E-state index contributed by atoms with van der Waals surface area (Å²) in [6.45, 7) is 0. The minimum atomic E-state index is 1.10. The molecule has 0 atom stereocenters. The van der Waals surface area contributed by atoms with E-state index in [0.29, 0.717) is 0 Å². The maximum Gasteiger partial charge on any atom is 0.0541 e. The number of para-hydroxylation sites is 2. The van der Waals surface area contributed by atoms with Crippen LogP contribution in [0.25, 0.3) is 82.1 Å². The van der Waals surface area contributed by atoms with E-state index in [-0.39, 0.29) is 0 Å². The van der Waals surface area contributed by atoms with Crippen molar-refractivity contribution in [3.8, 4) is 27.9 Å². The zero-order valence-electron chi connectivity index (χ0n) is 30.7. The molecular weight excluding hydrogens is 677 g/mol. The lowest BCUT2D eigenvalue weighted by molar-refractivity contribution is 1.18. The zero-order valence-corrected chi connectivity index (χ0v) is 30.7. The van der Waals surface area contributed by atoms with Crippen LogP contribution < -0.4 is 4.90 Å². The van der Waals surface area contributed by atoms with Gasteiger partial charge in [-0.05, 0) is 115 Å². The van der Waals surface area contributed by atoms with E-state index < -0.39 is 0 Å². The second-order valence-electron chi connectivity index (χ2n) is 14.5. The molecule has 2 heteroatoms. The molecule has 0 amide bonds. The molecule has 262 valence electrons. The summed E-state index contributed by atoms with van der Waals surface area (Å²) in [6.07, 6.45) is 0. The van der Waals surface area contributed by atoms with Gasteiger partial charge in [0, 0.05) is 33.5 Å². The molecule has 0 fully saturated rings. The lowest BCUT2D eigenvalue weighted by Crippen LogP contribution is -2.10. The van der Waals surface area contributed by atoms with Crippen LogP contribution in [0.5, 0.6) is 0 Å². The van der Waals surface area contributed by atoms with Crippen LogP contribution >= 0.6 is 0 Å². The van der Waals surface area contributed by atoms with E-state index in [1.807, 2.05) is 0 Å². The molecule has 11 aromatic rings. The highest BCUT2D eigenvalue weighted by atomic mass is 15.1. The molecule has 0 bridgehead atoms. The van der Waals surface area contributed by atoms with Crippen molar-refractivity contribution in [3.63, 3.8) is 0 Å². The maximum absolute atomic E-state index is 2.39. The maximum atomic E-state index is 2.39. The van der Waals surface area contributed by atoms with E-state index in [9.17, 15) is 0 Å². The van der Waals surface area contributed by atoms with Gasteiger partial charge in [0.15, 0.2) is 0 Å². The summed E-state index contributed by atoms with van der Waals surface area (Å²) >= 11 is 0. The van der Waals surface area contributed by atoms with Crippen molar-refractivity contribution in [2.45, 2.75) is 0 Å². The second-order valence-corrected chi connectivity index (χ2v) is 14.5. The summed E-state index contributed by atoms with van der Waals surface area (Å²) in [6, 6.07) is 79.4. The van der Waals surface area contributed by atoms with Gasteiger partial charge in [-0.3, -0.25) is 0 Å². The van der Waals surface area contributed by atoms with Crippen LogP contribution in [0, 0.1) is 0 Å². The Morgan fingerprint density at radius 1 is 0.250 bits per heavy atom. The van der Waals surface area contributed by atoms with E-state index >= 15 is 0 Å². The Bertz CT molecular complexity index is 3140. The fraction of sp³-hybridized carbons (Fsp3) is 0. The first-order valence-electron chi connectivity index (χ1n) is 19.3.